The van der Waals surface area contributed by atoms with Gasteiger partial charge in [-0.25, -0.2) is 0 Å². The van der Waals surface area contributed by atoms with Crippen LogP contribution < -0.4 is 0 Å². The SMILES string of the molecule is CC(C)C[C@H](C(=O)N1CCC[C@H](c2noc(C(C)C)n2)C1)N1C(=O)[C@H]2CC=CC[C@H]2C1=O. The molecule has 32 heavy (non-hydrogen) atoms. The number of amides is 3. The summed E-state index contributed by atoms with van der Waals surface area (Å²) in [5.41, 5.74) is 0. The predicted molar refractivity (Wildman–Crippen MR) is 117 cm³/mol. The summed E-state index contributed by atoms with van der Waals surface area (Å²) >= 11 is 0. The summed E-state index contributed by atoms with van der Waals surface area (Å²) in [6.07, 6.45) is 7.29. The Labute approximate surface area is 189 Å². The molecule has 1 aromatic rings. The first-order chi connectivity index (χ1) is 15.3. The quantitative estimate of drug-likeness (QED) is 0.496. The van der Waals surface area contributed by atoms with Crippen molar-refractivity contribution in [3.8, 4) is 0 Å². The van der Waals surface area contributed by atoms with Crippen molar-refractivity contribution in [2.45, 2.75) is 77.7 Å². The molecule has 3 heterocycles. The van der Waals surface area contributed by atoms with Gasteiger partial charge >= 0.3 is 0 Å². The van der Waals surface area contributed by atoms with E-state index in [1.54, 1.807) is 4.90 Å². The van der Waals surface area contributed by atoms with Crippen molar-refractivity contribution in [2.75, 3.05) is 13.1 Å². The number of likely N-dealkylation sites (tertiary alicyclic amines) is 2. The predicted octanol–water partition coefficient (Wildman–Crippen LogP) is 3.26. The zero-order valence-electron chi connectivity index (χ0n) is 19.5. The maximum absolute atomic E-state index is 13.7. The number of allylic oxidation sites excluding steroid dienone is 2. The van der Waals surface area contributed by atoms with Crippen LogP contribution in [0.1, 0.15) is 83.3 Å². The molecular formula is C24H34N4O4. The van der Waals surface area contributed by atoms with Crippen LogP contribution in [-0.4, -0.2) is 56.8 Å². The third kappa shape index (κ3) is 4.24. The van der Waals surface area contributed by atoms with Crippen LogP contribution in [0, 0.1) is 17.8 Å². The molecule has 0 N–H and O–H groups in total. The second-order valence-corrected chi connectivity index (χ2v) is 10.1. The van der Waals surface area contributed by atoms with Crippen molar-refractivity contribution in [1.82, 2.24) is 19.9 Å². The van der Waals surface area contributed by atoms with Gasteiger partial charge in [0.15, 0.2) is 5.82 Å². The minimum Gasteiger partial charge on any atom is -0.340 e. The van der Waals surface area contributed by atoms with Crippen molar-refractivity contribution in [3.05, 3.63) is 23.9 Å². The monoisotopic (exact) mass is 442 g/mol. The van der Waals surface area contributed by atoms with E-state index in [1.807, 2.05) is 39.8 Å². The largest absolute Gasteiger partial charge is 0.340 e. The van der Waals surface area contributed by atoms with Gasteiger partial charge in [0.2, 0.25) is 23.6 Å². The molecule has 8 nitrogen and oxygen atoms in total. The average molecular weight is 443 g/mol. The molecule has 3 aliphatic rings. The third-order valence-electron chi connectivity index (χ3n) is 6.88. The van der Waals surface area contributed by atoms with Gasteiger partial charge in [-0.1, -0.05) is 45.0 Å². The number of carbonyl (C=O) groups excluding carboxylic acids is 3. The summed E-state index contributed by atoms with van der Waals surface area (Å²) in [6, 6.07) is -0.740. The van der Waals surface area contributed by atoms with Gasteiger partial charge in [-0.3, -0.25) is 19.3 Å². The number of hydrogen-bond acceptors (Lipinski definition) is 6. The summed E-state index contributed by atoms with van der Waals surface area (Å²) in [4.78, 5) is 47.7. The summed E-state index contributed by atoms with van der Waals surface area (Å²) < 4.78 is 5.37. The van der Waals surface area contributed by atoms with Gasteiger partial charge in [0.25, 0.3) is 0 Å². The third-order valence-corrected chi connectivity index (χ3v) is 6.88. The minimum atomic E-state index is -0.740. The van der Waals surface area contributed by atoms with E-state index in [2.05, 4.69) is 10.1 Å². The van der Waals surface area contributed by atoms with Crippen LogP contribution >= 0.6 is 0 Å². The lowest BCUT2D eigenvalue weighted by atomic mass is 9.85. The second kappa shape index (κ2) is 9.16. The number of nitrogens with zero attached hydrogens (tertiary/aromatic N) is 4. The zero-order valence-corrected chi connectivity index (χ0v) is 19.5. The van der Waals surface area contributed by atoms with E-state index in [0.29, 0.717) is 44.1 Å². The molecule has 3 amide bonds. The summed E-state index contributed by atoms with van der Waals surface area (Å²) in [6.45, 7) is 9.14. The van der Waals surface area contributed by atoms with E-state index in [4.69, 9.17) is 4.52 Å². The van der Waals surface area contributed by atoms with Gasteiger partial charge in [0.05, 0.1) is 11.8 Å². The summed E-state index contributed by atoms with van der Waals surface area (Å²) in [7, 11) is 0. The van der Waals surface area contributed by atoms with Crippen LogP contribution in [0.2, 0.25) is 0 Å². The summed E-state index contributed by atoms with van der Waals surface area (Å²) in [5, 5.41) is 4.15. The number of hydrogen-bond donors (Lipinski definition) is 0. The highest BCUT2D eigenvalue weighted by atomic mass is 16.5. The Morgan fingerprint density at radius 2 is 1.78 bits per heavy atom. The van der Waals surface area contributed by atoms with Crippen molar-refractivity contribution in [3.63, 3.8) is 0 Å². The van der Waals surface area contributed by atoms with E-state index in [1.165, 1.54) is 4.90 Å². The molecule has 8 heteroatoms. The lowest BCUT2D eigenvalue weighted by Gasteiger charge is -2.36. The molecule has 2 fully saturated rings. The van der Waals surface area contributed by atoms with Crippen molar-refractivity contribution >= 4 is 17.7 Å². The van der Waals surface area contributed by atoms with E-state index in [0.717, 1.165) is 12.8 Å². The standard InChI is InChI=1S/C24H34N4O4/c1-14(2)12-19(28-22(29)17-9-5-6-10-18(17)23(28)30)24(31)27-11-7-8-16(13-27)20-25-21(15(3)4)32-26-20/h5-6,14-19H,7-13H2,1-4H3/t16-,17-,18+,19+/m0/s1. The number of fused-ring (bicyclic) bond motifs is 1. The number of piperidine rings is 1. The van der Waals surface area contributed by atoms with Crippen LogP contribution in [0.15, 0.2) is 16.7 Å². The Bertz CT molecular complexity index is 880. The van der Waals surface area contributed by atoms with Crippen molar-refractivity contribution in [2.24, 2.45) is 17.8 Å². The molecular weight excluding hydrogens is 408 g/mol. The average Bonchev–Trinajstić information content (AvgIpc) is 3.37. The van der Waals surface area contributed by atoms with Crippen LogP contribution in [-0.2, 0) is 14.4 Å². The fourth-order valence-electron chi connectivity index (χ4n) is 5.14. The fourth-order valence-corrected chi connectivity index (χ4v) is 5.14. The Hall–Kier alpha value is -2.51. The van der Waals surface area contributed by atoms with Gasteiger partial charge in [0, 0.05) is 24.9 Å². The van der Waals surface area contributed by atoms with Crippen LogP contribution in [0.25, 0.3) is 0 Å². The highest BCUT2D eigenvalue weighted by molar-refractivity contribution is 6.08. The lowest BCUT2D eigenvalue weighted by Crippen LogP contribution is -2.53. The molecule has 2 aliphatic heterocycles. The highest BCUT2D eigenvalue weighted by Crippen LogP contribution is 2.38. The van der Waals surface area contributed by atoms with Crippen LogP contribution in [0.4, 0.5) is 0 Å². The number of rotatable bonds is 6. The first-order valence-electron chi connectivity index (χ1n) is 11.9. The number of imide groups is 1. The normalized spacial score (nSPS) is 26.9. The minimum absolute atomic E-state index is 0.000381. The van der Waals surface area contributed by atoms with E-state index in [9.17, 15) is 14.4 Å². The molecule has 0 bridgehead atoms. The van der Waals surface area contributed by atoms with Gasteiger partial charge < -0.3 is 9.42 Å². The zero-order chi connectivity index (χ0) is 23.0. The smallest absolute Gasteiger partial charge is 0.245 e. The number of carbonyl (C=O) groups is 3. The summed E-state index contributed by atoms with van der Waals surface area (Å²) in [5.74, 6) is 0.422. The van der Waals surface area contributed by atoms with Gasteiger partial charge in [0.1, 0.15) is 6.04 Å². The van der Waals surface area contributed by atoms with E-state index in [-0.39, 0.29) is 47.3 Å². The van der Waals surface area contributed by atoms with Crippen LogP contribution in [0.3, 0.4) is 0 Å². The Morgan fingerprint density at radius 3 is 2.34 bits per heavy atom. The van der Waals surface area contributed by atoms with Crippen molar-refractivity contribution in [1.29, 1.82) is 0 Å². The molecule has 0 spiro atoms. The highest BCUT2D eigenvalue weighted by Gasteiger charge is 2.52. The molecule has 1 aromatic heterocycles. The first kappa shape index (κ1) is 22.7. The maximum atomic E-state index is 13.7. The molecule has 174 valence electrons. The molecule has 0 saturated carbocycles. The Balaban J connectivity index is 1.53. The second-order valence-electron chi connectivity index (χ2n) is 10.1. The first-order valence-corrected chi connectivity index (χ1v) is 11.9. The van der Waals surface area contributed by atoms with Gasteiger partial charge in [-0.2, -0.15) is 4.98 Å². The molecule has 1 aliphatic carbocycles. The van der Waals surface area contributed by atoms with Crippen LogP contribution in [0.5, 0.6) is 0 Å². The van der Waals surface area contributed by atoms with Gasteiger partial charge in [-0.05, 0) is 38.0 Å². The Morgan fingerprint density at radius 1 is 1.12 bits per heavy atom. The lowest BCUT2D eigenvalue weighted by molar-refractivity contribution is -0.153. The molecule has 4 rings (SSSR count). The van der Waals surface area contributed by atoms with E-state index < -0.39 is 6.04 Å². The van der Waals surface area contributed by atoms with E-state index >= 15 is 0 Å². The molecule has 0 radical (unpaired) electrons. The number of aromatic nitrogens is 2. The molecule has 2 saturated heterocycles. The Kier molecular flexibility index (Phi) is 6.49. The molecule has 4 atom stereocenters. The maximum Gasteiger partial charge on any atom is 0.245 e. The molecule has 0 unspecified atom stereocenters. The topological polar surface area (TPSA) is 96.6 Å². The fraction of sp³-hybridized carbons (Fsp3) is 0.708. The molecule has 0 aromatic carbocycles. The van der Waals surface area contributed by atoms with Gasteiger partial charge in [-0.15, -0.1) is 0 Å². The van der Waals surface area contributed by atoms with Crippen molar-refractivity contribution < 1.29 is 18.9 Å².